The van der Waals surface area contributed by atoms with Crippen LogP contribution in [0.3, 0.4) is 0 Å². The number of carbonyl (C=O) groups is 2. The van der Waals surface area contributed by atoms with Crippen LogP contribution < -0.4 is 15.4 Å². The number of aryl methyl sites for hydroxylation is 1. The van der Waals surface area contributed by atoms with Crippen LogP contribution in [-0.4, -0.2) is 23.6 Å². The molecule has 2 heterocycles. The van der Waals surface area contributed by atoms with Crippen molar-refractivity contribution >= 4 is 23.2 Å². The number of fused-ring (bicyclic) bond motifs is 1. The van der Waals surface area contributed by atoms with Crippen LogP contribution in [0.25, 0.3) is 0 Å². The van der Waals surface area contributed by atoms with E-state index in [0.717, 1.165) is 0 Å². The smallest absolute Gasteiger partial charge is 0.262 e. The first-order chi connectivity index (χ1) is 10.1. The van der Waals surface area contributed by atoms with Crippen LogP contribution in [0.1, 0.15) is 11.5 Å². The van der Waals surface area contributed by atoms with Gasteiger partial charge in [-0.3, -0.25) is 9.59 Å². The first kappa shape index (κ1) is 13.2. The zero-order valence-electron chi connectivity index (χ0n) is 11.3. The molecule has 0 aliphatic carbocycles. The van der Waals surface area contributed by atoms with Crippen LogP contribution in [0.4, 0.5) is 11.4 Å². The molecule has 1 aliphatic rings. The van der Waals surface area contributed by atoms with Crippen molar-refractivity contribution in [1.29, 1.82) is 0 Å². The third-order valence-electron chi connectivity index (χ3n) is 2.93. The van der Waals surface area contributed by atoms with Gasteiger partial charge in [0.1, 0.15) is 5.76 Å². The van der Waals surface area contributed by atoms with E-state index < -0.39 is 0 Å². The van der Waals surface area contributed by atoms with Gasteiger partial charge in [0.05, 0.1) is 23.5 Å². The van der Waals surface area contributed by atoms with Crippen molar-refractivity contribution in [3.8, 4) is 5.75 Å². The van der Waals surface area contributed by atoms with Gasteiger partial charge in [0.2, 0.25) is 5.91 Å². The highest BCUT2D eigenvalue weighted by Gasteiger charge is 2.20. The summed E-state index contributed by atoms with van der Waals surface area (Å²) in [5.74, 6) is 0.656. The maximum atomic E-state index is 12.0. The predicted molar refractivity (Wildman–Crippen MR) is 74.1 cm³/mol. The number of nitrogens with one attached hydrogen (secondary N) is 2. The van der Waals surface area contributed by atoms with Crippen LogP contribution >= 0.6 is 0 Å². The van der Waals surface area contributed by atoms with Crippen LogP contribution in [0.2, 0.25) is 0 Å². The van der Waals surface area contributed by atoms with Gasteiger partial charge in [-0.05, 0) is 19.1 Å². The van der Waals surface area contributed by atoms with Gasteiger partial charge in [-0.1, -0.05) is 11.2 Å². The second kappa shape index (κ2) is 5.28. The van der Waals surface area contributed by atoms with E-state index in [1.165, 1.54) is 0 Å². The first-order valence-corrected chi connectivity index (χ1v) is 6.39. The Balaban J connectivity index is 1.74. The quantitative estimate of drug-likeness (QED) is 0.892. The number of benzene rings is 1. The summed E-state index contributed by atoms with van der Waals surface area (Å²) in [7, 11) is 0. The molecule has 108 valence electrons. The molecule has 0 radical (unpaired) electrons. The van der Waals surface area contributed by atoms with Crippen molar-refractivity contribution in [3.63, 3.8) is 0 Å². The monoisotopic (exact) mass is 287 g/mol. The number of rotatable bonds is 3. The van der Waals surface area contributed by atoms with E-state index in [-0.39, 0.29) is 24.8 Å². The Bertz CT molecular complexity index is 708. The number of ether oxygens (including phenoxy) is 1. The van der Waals surface area contributed by atoms with E-state index in [9.17, 15) is 9.59 Å². The highest BCUT2D eigenvalue weighted by Crippen LogP contribution is 2.35. The Labute approximate surface area is 120 Å². The second-order valence-corrected chi connectivity index (χ2v) is 4.67. The minimum Gasteiger partial charge on any atom is -0.479 e. The van der Waals surface area contributed by atoms with Gasteiger partial charge >= 0.3 is 0 Å². The summed E-state index contributed by atoms with van der Waals surface area (Å²) < 4.78 is 10.3. The Hall–Kier alpha value is -2.83. The fraction of sp³-hybridized carbons (Fsp3) is 0.214. The number of para-hydroxylation sites is 1. The zero-order chi connectivity index (χ0) is 14.8. The van der Waals surface area contributed by atoms with Gasteiger partial charge in [-0.2, -0.15) is 0 Å². The molecule has 0 saturated carbocycles. The van der Waals surface area contributed by atoms with Gasteiger partial charge in [0.25, 0.3) is 5.91 Å². The van der Waals surface area contributed by atoms with Crippen LogP contribution in [0, 0.1) is 6.92 Å². The number of aromatic nitrogens is 1. The van der Waals surface area contributed by atoms with Crippen molar-refractivity contribution in [2.45, 2.75) is 13.3 Å². The summed E-state index contributed by atoms with van der Waals surface area (Å²) in [6, 6.07) is 6.85. The molecule has 0 atom stereocenters. The number of nitrogens with zero attached hydrogens (tertiary/aromatic N) is 1. The van der Waals surface area contributed by atoms with E-state index >= 15 is 0 Å². The van der Waals surface area contributed by atoms with Crippen LogP contribution in [-0.2, 0) is 16.0 Å². The Morgan fingerprint density at radius 1 is 1.48 bits per heavy atom. The summed E-state index contributed by atoms with van der Waals surface area (Å²) in [5, 5.41) is 9.20. The van der Waals surface area contributed by atoms with E-state index in [2.05, 4.69) is 15.8 Å². The van der Waals surface area contributed by atoms with Crippen molar-refractivity contribution in [1.82, 2.24) is 5.16 Å². The molecule has 3 rings (SSSR count). The highest BCUT2D eigenvalue weighted by molar-refractivity contribution is 6.00. The topological polar surface area (TPSA) is 93.5 Å². The lowest BCUT2D eigenvalue weighted by molar-refractivity contribution is -0.118. The molecule has 2 aromatic rings. The lowest BCUT2D eigenvalue weighted by Crippen LogP contribution is -2.26. The summed E-state index contributed by atoms with van der Waals surface area (Å²) in [5.41, 5.74) is 1.61. The number of amides is 2. The molecule has 0 spiro atoms. The van der Waals surface area contributed by atoms with E-state index in [1.54, 1.807) is 31.2 Å². The van der Waals surface area contributed by atoms with Gasteiger partial charge in [-0.15, -0.1) is 0 Å². The summed E-state index contributed by atoms with van der Waals surface area (Å²) in [6.45, 7) is 1.70. The Morgan fingerprint density at radius 3 is 3.10 bits per heavy atom. The van der Waals surface area contributed by atoms with Crippen molar-refractivity contribution in [3.05, 3.63) is 35.7 Å². The molecule has 1 aromatic carbocycles. The fourth-order valence-corrected chi connectivity index (χ4v) is 2.07. The van der Waals surface area contributed by atoms with E-state index in [4.69, 9.17) is 9.26 Å². The molecule has 0 saturated heterocycles. The maximum absolute atomic E-state index is 12.0. The summed E-state index contributed by atoms with van der Waals surface area (Å²) >= 11 is 0. The molecule has 7 nitrogen and oxygen atoms in total. The van der Waals surface area contributed by atoms with E-state index in [0.29, 0.717) is 28.6 Å². The first-order valence-electron chi connectivity index (χ1n) is 6.39. The van der Waals surface area contributed by atoms with Gasteiger partial charge in [-0.25, -0.2) is 0 Å². The van der Waals surface area contributed by atoms with Gasteiger partial charge in [0, 0.05) is 6.07 Å². The SMILES string of the molecule is Cc1cc(CC(=O)Nc2cccc3c2OCC(=O)N3)no1. The van der Waals surface area contributed by atoms with Crippen LogP contribution in [0.15, 0.2) is 28.8 Å². The van der Waals surface area contributed by atoms with Gasteiger partial charge in [0.15, 0.2) is 12.4 Å². The lowest BCUT2D eigenvalue weighted by Gasteiger charge is -2.20. The fourth-order valence-electron chi connectivity index (χ4n) is 2.07. The van der Waals surface area contributed by atoms with Crippen molar-refractivity contribution in [2.24, 2.45) is 0 Å². The normalized spacial score (nSPS) is 13.1. The molecule has 0 bridgehead atoms. The molecule has 2 N–H and O–H groups in total. The molecular weight excluding hydrogens is 274 g/mol. The lowest BCUT2D eigenvalue weighted by atomic mass is 10.2. The Morgan fingerprint density at radius 2 is 2.33 bits per heavy atom. The third kappa shape index (κ3) is 2.86. The van der Waals surface area contributed by atoms with Crippen LogP contribution in [0.5, 0.6) is 5.75 Å². The standard InChI is InChI=1S/C14H13N3O4/c1-8-5-9(17-21-8)6-12(18)15-10-3-2-4-11-14(10)20-7-13(19)16-11/h2-5H,6-7H2,1H3,(H,15,18)(H,16,19). The molecule has 1 aromatic heterocycles. The average molecular weight is 287 g/mol. The molecule has 21 heavy (non-hydrogen) atoms. The minimum absolute atomic E-state index is 0.0671. The van der Waals surface area contributed by atoms with Gasteiger partial charge < -0.3 is 19.9 Å². The summed E-state index contributed by atoms with van der Waals surface area (Å²) in [4.78, 5) is 23.3. The predicted octanol–water partition coefficient (Wildman–Crippen LogP) is 1.50. The maximum Gasteiger partial charge on any atom is 0.262 e. The number of anilines is 2. The molecule has 2 amide bonds. The zero-order valence-corrected chi connectivity index (χ0v) is 11.3. The Kier molecular flexibility index (Phi) is 3.31. The molecule has 0 fully saturated rings. The highest BCUT2D eigenvalue weighted by atomic mass is 16.5. The van der Waals surface area contributed by atoms with Crippen molar-refractivity contribution < 1.29 is 18.8 Å². The number of hydrogen-bond acceptors (Lipinski definition) is 5. The van der Waals surface area contributed by atoms with Crippen molar-refractivity contribution in [2.75, 3.05) is 17.2 Å². The molecule has 1 aliphatic heterocycles. The largest absolute Gasteiger partial charge is 0.479 e. The molecule has 0 unspecified atom stereocenters. The number of hydrogen-bond donors (Lipinski definition) is 2. The number of carbonyl (C=O) groups excluding carboxylic acids is 2. The molecular formula is C14H13N3O4. The minimum atomic E-state index is -0.239. The second-order valence-electron chi connectivity index (χ2n) is 4.67. The molecule has 7 heteroatoms. The van der Waals surface area contributed by atoms with E-state index in [1.807, 2.05) is 0 Å². The average Bonchev–Trinajstić information content (AvgIpc) is 2.83. The third-order valence-corrected chi connectivity index (χ3v) is 2.93. The summed E-state index contributed by atoms with van der Waals surface area (Å²) in [6.07, 6.45) is 0.105.